The van der Waals surface area contributed by atoms with Crippen molar-refractivity contribution in [3.8, 4) is 0 Å². The van der Waals surface area contributed by atoms with Crippen molar-refractivity contribution in [2.75, 3.05) is 0 Å². The van der Waals surface area contributed by atoms with Gasteiger partial charge in [0.05, 0.1) is 0 Å². The van der Waals surface area contributed by atoms with Gasteiger partial charge in [-0.05, 0) is 51.4 Å². The normalized spacial score (nSPS) is 14.6. The van der Waals surface area contributed by atoms with Crippen LogP contribution in [0.4, 0.5) is 0 Å². The molecule has 0 radical (unpaired) electrons. The molecule has 0 heterocycles. The second-order valence-corrected chi connectivity index (χ2v) is 10.4. The minimum atomic E-state index is -0.337. The highest BCUT2D eigenvalue weighted by atomic mass is 32.2. The van der Waals surface area contributed by atoms with Crippen LogP contribution in [0.15, 0.2) is 59.5 Å². The van der Waals surface area contributed by atoms with Gasteiger partial charge in [-0.25, -0.2) is 0 Å². The monoisotopic (exact) mass is 378 g/mol. The smallest absolute Gasteiger partial charge is 0.199 e. The molecule has 0 amide bonds. The van der Waals surface area contributed by atoms with Gasteiger partial charge in [0.1, 0.15) is 0 Å². The maximum atomic E-state index is 13.3. The molecule has 27 heavy (non-hydrogen) atoms. The van der Waals surface area contributed by atoms with E-state index in [1.165, 1.54) is 33.3 Å². The molecule has 0 saturated heterocycles. The van der Waals surface area contributed by atoms with Crippen molar-refractivity contribution in [1.82, 2.24) is 0 Å². The SMILES string of the molecule is CC(C)C(C)(CC(C)(C)C)C(=O)Sc1ccc2ccc3ccccc3c2c1. The zero-order valence-corrected chi connectivity index (χ0v) is 18.1. The molecule has 3 aromatic carbocycles. The second kappa shape index (κ2) is 7.31. The Morgan fingerprint density at radius 2 is 1.48 bits per heavy atom. The summed E-state index contributed by atoms with van der Waals surface area (Å²) in [6.07, 6.45) is 0.889. The van der Waals surface area contributed by atoms with Crippen LogP contribution < -0.4 is 0 Å². The van der Waals surface area contributed by atoms with Crippen LogP contribution in [0, 0.1) is 16.7 Å². The lowest BCUT2D eigenvalue weighted by Crippen LogP contribution is -2.35. The maximum Gasteiger partial charge on any atom is 0.199 e. The average molecular weight is 379 g/mol. The topological polar surface area (TPSA) is 17.1 Å². The molecular weight excluding hydrogens is 348 g/mol. The van der Waals surface area contributed by atoms with Gasteiger partial charge >= 0.3 is 0 Å². The molecule has 0 bridgehead atoms. The molecule has 3 rings (SSSR count). The van der Waals surface area contributed by atoms with E-state index in [0.29, 0.717) is 5.92 Å². The summed E-state index contributed by atoms with van der Waals surface area (Å²) in [5.41, 5.74) is -0.217. The van der Waals surface area contributed by atoms with E-state index in [-0.39, 0.29) is 15.9 Å². The zero-order chi connectivity index (χ0) is 19.8. The molecule has 0 aliphatic rings. The Hall–Kier alpha value is -1.80. The van der Waals surface area contributed by atoms with Crippen molar-refractivity contribution in [2.24, 2.45) is 16.7 Å². The first-order valence-electron chi connectivity index (χ1n) is 9.74. The number of carbonyl (C=O) groups excluding carboxylic acids is 1. The average Bonchev–Trinajstić information content (AvgIpc) is 2.60. The summed E-state index contributed by atoms with van der Waals surface area (Å²) < 4.78 is 0. The predicted molar refractivity (Wildman–Crippen MR) is 119 cm³/mol. The van der Waals surface area contributed by atoms with Crippen LogP contribution in [0.3, 0.4) is 0 Å². The van der Waals surface area contributed by atoms with E-state index < -0.39 is 0 Å². The van der Waals surface area contributed by atoms with Gasteiger partial charge in [-0.3, -0.25) is 4.79 Å². The highest BCUT2D eigenvalue weighted by molar-refractivity contribution is 8.13. The molecule has 0 aliphatic carbocycles. The van der Waals surface area contributed by atoms with Crippen LogP contribution in [0.5, 0.6) is 0 Å². The van der Waals surface area contributed by atoms with E-state index in [1.807, 2.05) is 0 Å². The van der Waals surface area contributed by atoms with Gasteiger partial charge in [0.2, 0.25) is 0 Å². The van der Waals surface area contributed by atoms with E-state index in [4.69, 9.17) is 0 Å². The number of benzene rings is 3. The van der Waals surface area contributed by atoms with Crippen molar-refractivity contribution >= 4 is 38.4 Å². The van der Waals surface area contributed by atoms with Crippen LogP contribution in [0.1, 0.15) is 48.0 Å². The second-order valence-electron chi connectivity index (χ2n) is 9.37. The number of hydrogen-bond donors (Lipinski definition) is 0. The summed E-state index contributed by atoms with van der Waals surface area (Å²) >= 11 is 1.40. The minimum absolute atomic E-state index is 0.120. The van der Waals surface area contributed by atoms with Crippen LogP contribution in [0.2, 0.25) is 0 Å². The van der Waals surface area contributed by atoms with Gasteiger partial charge in [0, 0.05) is 10.3 Å². The van der Waals surface area contributed by atoms with Gasteiger partial charge in [-0.15, -0.1) is 0 Å². The minimum Gasteiger partial charge on any atom is -0.286 e. The molecule has 142 valence electrons. The maximum absolute atomic E-state index is 13.3. The summed E-state index contributed by atoms with van der Waals surface area (Å²) in [6, 6.07) is 19.2. The first-order valence-corrected chi connectivity index (χ1v) is 10.6. The number of hydrogen-bond acceptors (Lipinski definition) is 2. The summed E-state index contributed by atoms with van der Waals surface area (Å²) in [4.78, 5) is 14.3. The molecule has 0 N–H and O–H groups in total. The van der Waals surface area contributed by atoms with Gasteiger partial charge in [-0.1, -0.05) is 95.8 Å². The molecule has 1 unspecified atom stereocenters. The van der Waals surface area contributed by atoms with Crippen molar-refractivity contribution in [3.63, 3.8) is 0 Å². The summed E-state index contributed by atoms with van der Waals surface area (Å²) in [5.74, 6) is 0.304. The molecule has 0 fully saturated rings. The van der Waals surface area contributed by atoms with Crippen LogP contribution in [-0.4, -0.2) is 5.12 Å². The Bertz CT molecular complexity index is 980. The van der Waals surface area contributed by atoms with Crippen molar-refractivity contribution in [1.29, 1.82) is 0 Å². The van der Waals surface area contributed by atoms with Crippen LogP contribution in [-0.2, 0) is 4.79 Å². The lowest BCUT2D eigenvalue weighted by Gasteiger charge is -2.37. The number of thioether (sulfide) groups is 1. The first-order chi connectivity index (χ1) is 12.6. The number of fused-ring (bicyclic) bond motifs is 3. The van der Waals surface area contributed by atoms with Crippen molar-refractivity contribution < 1.29 is 4.79 Å². The molecular formula is C25H30OS. The van der Waals surface area contributed by atoms with E-state index in [9.17, 15) is 4.79 Å². The van der Waals surface area contributed by atoms with Crippen molar-refractivity contribution in [3.05, 3.63) is 54.6 Å². The quantitative estimate of drug-likeness (QED) is 0.341. The molecule has 2 heteroatoms. The fourth-order valence-corrected chi connectivity index (χ4v) is 4.95. The van der Waals surface area contributed by atoms with E-state index >= 15 is 0 Å². The third kappa shape index (κ3) is 4.21. The Kier molecular flexibility index (Phi) is 5.40. The fraction of sp³-hybridized carbons (Fsp3) is 0.400. The predicted octanol–water partition coefficient (Wildman–Crippen LogP) is 7.71. The van der Waals surface area contributed by atoms with Gasteiger partial charge < -0.3 is 0 Å². The van der Waals surface area contributed by atoms with E-state index in [1.54, 1.807) is 0 Å². The molecule has 1 nitrogen and oxygen atoms in total. The molecule has 0 spiro atoms. The lowest BCUT2D eigenvalue weighted by atomic mass is 9.69. The van der Waals surface area contributed by atoms with Crippen LogP contribution in [0.25, 0.3) is 21.5 Å². The molecule has 0 aromatic heterocycles. The lowest BCUT2D eigenvalue weighted by molar-refractivity contribution is -0.122. The van der Waals surface area contributed by atoms with Gasteiger partial charge in [-0.2, -0.15) is 0 Å². The Labute approximate surface area is 167 Å². The Morgan fingerprint density at radius 1 is 0.889 bits per heavy atom. The van der Waals surface area contributed by atoms with Crippen LogP contribution >= 0.6 is 11.8 Å². The van der Waals surface area contributed by atoms with E-state index in [0.717, 1.165) is 11.3 Å². The summed E-state index contributed by atoms with van der Waals surface area (Å²) in [6.45, 7) is 13.1. The van der Waals surface area contributed by atoms with Gasteiger partial charge in [0.25, 0.3) is 0 Å². The molecule has 3 aromatic rings. The Morgan fingerprint density at radius 3 is 2.11 bits per heavy atom. The standard InChI is InChI=1S/C25H30OS/c1-17(2)25(6,16-24(3,4)5)23(26)27-20-14-13-19-12-11-18-9-7-8-10-21(18)22(19)15-20/h7-15,17H,16H2,1-6H3. The molecule has 0 aliphatic heterocycles. The van der Waals surface area contributed by atoms with Crippen molar-refractivity contribution in [2.45, 2.75) is 52.9 Å². The number of rotatable bonds is 4. The Balaban J connectivity index is 1.97. The molecule has 0 saturated carbocycles. The highest BCUT2D eigenvalue weighted by Crippen LogP contribution is 2.44. The molecule has 1 atom stereocenters. The number of carbonyl (C=O) groups is 1. The van der Waals surface area contributed by atoms with Gasteiger partial charge in [0.15, 0.2) is 5.12 Å². The summed E-state index contributed by atoms with van der Waals surface area (Å²) in [5, 5.41) is 5.18. The third-order valence-corrected chi connectivity index (χ3v) is 6.71. The van der Waals surface area contributed by atoms with E-state index in [2.05, 4.69) is 96.1 Å². The zero-order valence-electron chi connectivity index (χ0n) is 17.3. The fourth-order valence-electron chi connectivity index (χ4n) is 3.88. The first kappa shape index (κ1) is 19.9. The third-order valence-electron chi connectivity index (χ3n) is 5.57. The highest BCUT2D eigenvalue weighted by Gasteiger charge is 2.40. The summed E-state index contributed by atoms with van der Waals surface area (Å²) in [7, 11) is 0. The largest absolute Gasteiger partial charge is 0.286 e.